The van der Waals surface area contributed by atoms with Crippen LogP contribution in [-0.4, -0.2) is 23.9 Å². The van der Waals surface area contributed by atoms with Crippen molar-refractivity contribution in [3.8, 4) is 11.5 Å². The maximum atomic E-state index is 11.6. The summed E-state index contributed by atoms with van der Waals surface area (Å²) in [6, 6.07) is 0. The standard InChI is InChI=1S/C35H63BrO3Si/c1-23(2)17-14-18-24(3)19-15-20-25(4)21-16-22-35(11)33(36)30(37)29-28(7)31(26(5)27(6)32(29)38-35)39-40(12,13)34(8,9)10/h23-25,30,33,37H,14-22H2,1-13H3/t24-,25-,30+,33-,35-/m1/s1. The summed E-state index contributed by atoms with van der Waals surface area (Å²) in [6.45, 7) is 29.4. The Bertz CT molecular complexity index is 967. The van der Waals surface area contributed by atoms with Gasteiger partial charge in [-0.2, -0.15) is 0 Å². The quantitative estimate of drug-likeness (QED) is 0.163. The van der Waals surface area contributed by atoms with Gasteiger partial charge in [0.1, 0.15) is 17.1 Å². The molecule has 1 aliphatic rings. The van der Waals surface area contributed by atoms with E-state index < -0.39 is 20.0 Å². The van der Waals surface area contributed by atoms with E-state index in [0.29, 0.717) is 0 Å². The minimum absolute atomic E-state index is 0.101. The first-order chi connectivity index (χ1) is 18.3. The van der Waals surface area contributed by atoms with Crippen molar-refractivity contribution in [2.45, 2.75) is 169 Å². The first kappa shape index (κ1) is 35.7. The van der Waals surface area contributed by atoms with Crippen molar-refractivity contribution in [1.29, 1.82) is 0 Å². The highest BCUT2D eigenvalue weighted by molar-refractivity contribution is 9.09. The fourth-order valence-corrected chi connectivity index (χ4v) is 7.61. The third-order valence-electron chi connectivity index (χ3n) is 10.1. The Kier molecular flexibility index (Phi) is 12.8. The maximum Gasteiger partial charge on any atom is 0.250 e. The monoisotopic (exact) mass is 638 g/mol. The molecular formula is C35H63BrO3Si. The molecule has 5 heteroatoms. The summed E-state index contributed by atoms with van der Waals surface area (Å²) in [5, 5.41) is 11.7. The zero-order chi connectivity index (χ0) is 30.6. The maximum absolute atomic E-state index is 11.6. The molecule has 3 nitrogen and oxygen atoms in total. The van der Waals surface area contributed by atoms with Crippen LogP contribution in [0.4, 0.5) is 0 Å². The number of hydrogen-bond donors (Lipinski definition) is 1. The Morgan fingerprint density at radius 2 is 1.38 bits per heavy atom. The van der Waals surface area contributed by atoms with Crippen LogP contribution in [0.15, 0.2) is 0 Å². The lowest BCUT2D eigenvalue weighted by atomic mass is 9.82. The highest BCUT2D eigenvalue weighted by atomic mass is 79.9. The largest absolute Gasteiger partial charge is 0.543 e. The molecule has 0 aliphatic carbocycles. The van der Waals surface area contributed by atoms with Gasteiger partial charge in [0.2, 0.25) is 0 Å². The number of fused-ring (bicyclic) bond motifs is 1. The van der Waals surface area contributed by atoms with Crippen molar-refractivity contribution in [3.63, 3.8) is 0 Å². The smallest absolute Gasteiger partial charge is 0.250 e. The summed E-state index contributed by atoms with van der Waals surface area (Å²) in [4.78, 5) is -0.170. The van der Waals surface area contributed by atoms with Gasteiger partial charge >= 0.3 is 0 Å². The van der Waals surface area contributed by atoms with E-state index in [1.165, 1.54) is 44.9 Å². The molecule has 232 valence electrons. The first-order valence-electron chi connectivity index (χ1n) is 16.2. The van der Waals surface area contributed by atoms with Crippen LogP contribution in [0.2, 0.25) is 18.1 Å². The van der Waals surface area contributed by atoms with E-state index in [-0.39, 0.29) is 9.87 Å². The van der Waals surface area contributed by atoms with Gasteiger partial charge in [-0.25, -0.2) is 0 Å². The Hall–Kier alpha value is -0.523. The van der Waals surface area contributed by atoms with E-state index in [4.69, 9.17) is 9.16 Å². The molecule has 0 bridgehead atoms. The molecule has 0 radical (unpaired) electrons. The second-order valence-electron chi connectivity index (χ2n) is 15.4. The minimum atomic E-state index is -2.03. The van der Waals surface area contributed by atoms with Gasteiger partial charge in [0.15, 0.2) is 0 Å². The summed E-state index contributed by atoms with van der Waals surface area (Å²) >= 11 is 3.89. The minimum Gasteiger partial charge on any atom is -0.543 e. The predicted octanol–water partition coefficient (Wildman–Crippen LogP) is 11.4. The van der Waals surface area contributed by atoms with Crippen LogP contribution in [0.3, 0.4) is 0 Å². The predicted molar refractivity (Wildman–Crippen MR) is 180 cm³/mol. The summed E-state index contributed by atoms with van der Waals surface area (Å²) in [7, 11) is -2.03. The number of hydrogen-bond acceptors (Lipinski definition) is 3. The normalized spacial score (nSPS) is 23.1. The molecule has 0 saturated carbocycles. The molecule has 0 fully saturated rings. The van der Waals surface area contributed by atoms with Crippen LogP contribution >= 0.6 is 15.9 Å². The van der Waals surface area contributed by atoms with E-state index in [9.17, 15) is 5.11 Å². The number of rotatable bonds is 14. The number of aliphatic hydroxyl groups excluding tert-OH is 1. The van der Waals surface area contributed by atoms with Crippen LogP contribution in [-0.2, 0) is 0 Å². The Labute approximate surface area is 257 Å². The van der Waals surface area contributed by atoms with E-state index in [1.54, 1.807) is 0 Å². The molecule has 1 N–H and O–H groups in total. The second kappa shape index (κ2) is 14.3. The van der Waals surface area contributed by atoms with Crippen LogP contribution in [0.5, 0.6) is 11.5 Å². The van der Waals surface area contributed by atoms with Gasteiger partial charge in [-0.3, -0.25) is 0 Å². The molecule has 0 aromatic heterocycles. The Morgan fingerprint density at radius 3 is 1.88 bits per heavy atom. The molecule has 2 rings (SSSR count). The van der Waals surface area contributed by atoms with Crippen molar-refractivity contribution in [2.75, 3.05) is 0 Å². The molecule has 1 aromatic carbocycles. The van der Waals surface area contributed by atoms with Crippen molar-refractivity contribution in [3.05, 3.63) is 22.3 Å². The number of ether oxygens (including phenoxy) is 1. The molecule has 5 atom stereocenters. The highest BCUT2D eigenvalue weighted by Gasteiger charge is 2.47. The number of aliphatic hydroxyl groups is 1. The van der Waals surface area contributed by atoms with Crippen LogP contribution in [0, 0.1) is 38.5 Å². The summed E-state index contributed by atoms with van der Waals surface area (Å²) in [5.74, 6) is 4.20. The molecule has 40 heavy (non-hydrogen) atoms. The topological polar surface area (TPSA) is 38.7 Å². The third kappa shape index (κ3) is 8.75. The van der Waals surface area contributed by atoms with Gasteiger partial charge < -0.3 is 14.3 Å². The van der Waals surface area contributed by atoms with Crippen molar-refractivity contribution < 1.29 is 14.3 Å². The fourth-order valence-electron chi connectivity index (χ4n) is 5.90. The van der Waals surface area contributed by atoms with Crippen LogP contribution < -0.4 is 9.16 Å². The number of alkyl halides is 1. The molecule has 1 aromatic rings. The number of halogens is 1. The van der Waals surface area contributed by atoms with E-state index in [0.717, 1.165) is 64.3 Å². The van der Waals surface area contributed by atoms with Crippen LogP contribution in [0.25, 0.3) is 0 Å². The van der Waals surface area contributed by atoms with Gasteiger partial charge in [-0.1, -0.05) is 109 Å². The van der Waals surface area contributed by atoms with E-state index >= 15 is 0 Å². The van der Waals surface area contributed by atoms with Crippen molar-refractivity contribution in [2.24, 2.45) is 17.8 Å². The van der Waals surface area contributed by atoms with E-state index in [2.05, 4.69) is 105 Å². The number of benzene rings is 1. The molecule has 0 unspecified atom stereocenters. The lowest BCUT2D eigenvalue weighted by Crippen LogP contribution is -2.49. The molecule has 0 spiro atoms. The lowest BCUT2D eigenvalue weighted by Gasteiger charge is -2.45. The Morgan fingerprint density at radius 1 is 0.875 bits per heavy atom. The summed E-state index contributed by atoms with van der Waals surface area (Å²) in [6.07, 6.45) is 10.7. The van der Waals surface area contributed by atoms with E-state index in [1.807, 2.05) is 0 Å². The van der Waals surface area contributed by atoms with Crippen LogP contribution in [0.1, 0.15) is 142 Å². The average molecular weight is 640 g/mol. The van der Waals surface area contributed by atoms with Crippen molar-refractivity contribution >= 4 is 24.2 Å². The summed E-state index contributed by atoms with van der Waals surface area (Å²) in [5.41, 5.74) is 3.69. The summed E-state index contributed by atoms with van der Waals surface area (Å²) < 4.78 is 13.7. The molecule has 1 aliphatic heterocycles. The molecule has 0 saturated heterocycles. The lowest BCUT2D eigenvalue weighted by molar-refractivity contribution is 0.000422. The zero-order valence-electron chi connectivity index (χ0n) is 28.4. The molecular weight excluding hydrogens is 576 g/mol. The molecule has 1 heterocycles. The van der Waals surface area contributed by atoms with Gasteiger partial charge in [0, 0.05) is 5.56 Å². The second-order valence-corrected chi connectivity index (χ2v) is 21.1. The first-order valence-corrected chi connectivity index (χ1v) is 20.0. The zero-order valence-corrected chi connectivity index (χ0v) is 31.0. The average Bonchev–Trinajstić information content (AvgIpc) is 2.83. The van der Waals surface area contributed by atoms with Gasteiger partial charge in [0.25, 0.3) is 8.32 Å². The van der Waals surface area contributed by atoms with Gasteiger partial charge in [0.05, 0.1) is 10.9 Å². The molecule has 0 amide bonds. The highest BCUT2D eigenvalue weighted by Crippen LogP contribution is 2.52. The third-order valence-corrected chi connectivity index (χ3v) is 15.9. The SMILES string of the molecule is Cc1c(C)c2c(c(C)c1O[Si](C)(C)C(C)(C)C)[C@H](O)[C@@H](Br)[C@@](C)(CCC[C@H](C)CCC[C@H](C)CCCC(C)C)O2. The van der Waals surface area contributed by atoms with Gasteiger partial charge in [-0.05, 0) is 93.1 Å². The Balaban J connectivity index is 2.05. The van der Waals surface area contributed by atoms with Gasteiger partial charge in [-0.15, -0.1) is 0 Å². The van der Waals surface area contributed by atoms with Crippen molar-refractivity contribution in [1.82, 2.24) is 0 Å². The fraction of sp³-hybridized carbons (Fsp3) is 0.829.